The average molecular weight is 371 g/mol. The van der Waals surface area contributed by atoms with E-state index >= 15 is 0 Å². The van der Waals surface area contributed by atoms with E-state index in [0.29, 0.717) is 6.04 Å². The number of benzene rings is 1. The van der Waals surface area contributed by atoms with Crippen LogP contribution in [-0.2, 0) is 11.3 Å². The van der Waals surface area contributed by atoms with E-state index in [0.717, 1.165) is 76.1 Å². The van der Waals surface area contributed by atoms with Gasteiger partial charge >= 0.3 is 0 Å². The van der Waals surface area contributed by atoms with Crippen LogP contribution in [0.5, 0.6) is 0 Å². The number of nitrogens with one attached hydrogen (secondary N) is 1. The number of aromatic nitrogens is 2. The highest BCUT2D eigenvalue weighted by atomic mass is 19.1. The number of likely N-dealkylation sites (tertiary alicyclic amines) is 1. The summed E-state index contributed by atoms with van der Waals surface area (Å²) in [6, 6.07) is 9.16. The van der Waals surface area contributed by atoms with Crippen molar-refractivity contribution in [2.45, 2.75) is 25.4 Å². The highest BCUT2D eigenvalue weighted by molar-refractivity contribution is 5.42. The van der Waals surface area contributed by atoms with Crippen LogP contribution in [0.1, 0.15) is 18.4 Å². The maximum atomic E-state index is 13.0. The number of anilines is 2. The zero-order valence-corrected chi connectivity index (χ0v) is 15.5. The lowest BCUT2D eigenvalue weighted by Gasteiger charge is -2.33. The van der Waals surface area contributed by atoms with Gasteiger partial charge in [0, 0.05) is 45.0 Å². The van der Waals surface area contributed by atoms with Gasteiger partial charge in [-0.1, -0.05) is 12.1 Å². The third-order valence-electron chi connectivity index (χ3n) is 5.20. The number of piperidine rings is 1. The largest absolute Gasteiger partial charge is 0.378 e. The number of hydrogen-bond donors (Lipinski definition) is 1. The molecule has 0 spiro atoms. The molecule has 6 nitrogen and oxygen atoms in total. The second kappa shape index (κ2) is 8.63. The minimum Gasteiger partial charge on any atom is -0.378 e. The fraction of sp³-hybridized carbons (Fsp3) is 0.500. The average Bonchev–Trinajstić information content (AvgIpc) is 2.72. The molecular formula is C20H26FN5O. The van der Waals surface area contributed by atoms with Gasteiger partial charge < -0.3 is 15.0 Å². The quantitative estimate of drug-likeness (QED) is 0.872. The molecule has 0 radical (unpaired) electrons. The van der Waals surface area contributed by atoms with Crippen LogP contribution in [0.2, 0.25) is 0 Å². The molecule has 0 amide bonds. The highest BCUT2D eigenvalue weighted by Gasteiger charge is 2.20. The standard InChI is InChI=1S/C20H26FN5O/c21-17-3-1-16(2-4-17)15-25-9-6-18(7-10-25)23-19-5-8-22-20(24-19)26-11-13-27-14-12-26/h1-5,8,18H,6-7,9-15H2,(H,22,23,24). The number of halogens is 1. The first-order chi connectivity index (χ1) is 13.3. The fourth-order valence-electron chi connectivity index (χ4n) is 3.64. The molecule has 0 saturated carbocycles. The van der Waals surface area contributed by atoms with E-state index in [2.05, 4.69) is 25.1 Å². The summed E-state index contributed by atoms with van der Waals surface area (Å²) in [5.41, 5.74) is 1.16. The minimum absolute atomic E-state index is 0.178. The van der Waals surface area contributed by atoms with Gasteiger partial charge in [0.1, 0.15) is 11.6 Å². The molecule has 2 aliphatic heterocycles. The van der Waals surface area contributed by atoms with Crippen LogP contribution >= 0.6 is 0 Å². The Kier molecular flexibility index (Phi) is 5.79. The summed E-state index contributed by atoms with van der Waals surface area (Å²) >= 11 is 0. The van der Waals surface area contributed by atoms with E-state index < -0.39 is 0 Å². The molecule has 27 heavy (non-hydrogen) atoms. The molecule has 0 atom stereocenters. The number of rotatable bonds is 5. The van der Waals surface area contributed by atoms with Gasteiger partial charge in [0.15, 0.2) is 0 Å². The summed E-state index contributed by atoms with van der Waals surface area (Å²) in [7, 11) is 0. The van der Waals surface area contributed by atoms with Crippen molar-refractivity contribution in [1.29, 1.82) is 0 Å². The van der Waals surface area contributed by atoms with Crippen molar-refractivity contribution in [2.75, 3.05) is 49.6 Å². The molecule has 2 fully saturated rings. The molecule has 3 heterocycles. The zero-order chi connectivity index (χ0) is 18.5. The third kappa shape index (κ3) is 4.93. The molecule has 0 bridgehead atoms. The lowest BCUT2D eigenvalue weighted by molar-refractivity contribution is 0.122. The second-order valence-corrected chi connectivity index (χ2v) is 7.16. The Morgan fingerprint density at radius 1 is 1.04 bits per heavy atom. The third-order valence-corrected chi connectivity index (χ3v) is 5.20. The van der Waals surface area contributed by atoms with E-state index in [1.807, 2.05) is 24.4 Å². The van der Waals surface area contributed by atoms with Gasteiger partial charge in [-0.05, 0) is 36.6 Å². The van der Waals surface area contributed by atoms with Crippen LogP contribution < -0.4 is 10.2 Å². The lowest BCUT2D eigenvalue weighted by Crippen LogP contribution is -2.39. The van der Waals surface area contributed by atoms with Crippen molar-refractivity contribution in [3.63, 3.8) is 0 Å². The maximum Gasteiger partial charge on any atom is 0.227 e. The Morgan fingerprint density at radius 2 is 1.78 bits per heavy atom. The smallest absolute Gasteiger partial charge is 0.227 e. The first kappa shape index (κ1) is 18.1. The molecule has 144 valence electrons. The Morgan fingerprint density at radius 3 is 2.52 bits per heavy atom. The van der Waals surface area contributed by atoms with Crippen molar-refractivity contribution in [1.82, 2.24) is 14.9 Å². The van der Waals surface area contributed by atoms with E-state index in [1.54, 1.807) is 0 Å². The van der Waals surface area contributed by atoms with Crippen molar-refractivity contribution in [2.24, 2.45) is 0 Å². The Bertz CT molecular complexity index is 727. The van der Waals surface area contributed by atoms with Crippen LogP contribution in [0.25, 0.3) is 0 Å². The van der Waals surface area contributed by atoms with E-state index in [4.69, 9.17) is 4.74 Å². The monoisotopic (exact) mass is 371 g/mol. The predicted octanol–water partition coefficient (Wildman–Crippen LogP) is 2.53. The van der Waals surface area contributed by atoms with Crippen molar-refractivity contribution >= 4 is 11.8 Å². The number of nitrogens with zero attached hydrogens (tertiary/aromatic N) is 4. The van der Waals surface area contributed by atoms with Gasteiger partial charge in [-0.2, -0.15) is 4.98 Å². The summed E-state index contributed by atoms with van der Waals surface area (Å²) in [5.74, 6) is 1.49. The number of ether oxygens (including phenoxy) is 1. The van der Waals surface area contributed by atoms with Crippen molar-refractivity contribution in [3.05, 3.63) is 47.9 Å². The van der Waals surface area contributed by atoms with E-state index in [-0.39, 0.29) is 5.82 Å². The van der Waals surface area contributed by atoms with Crippen LogP contribution in [0.15, 0.2) is 36.5 Å². The van der Waals surface area contributed by atoms with Gasteiger partial charge in [0.2, 0.25) is 5.95 Å². The zero-order valence-electron chi connectivity index (χ0n) is 15.5. The minimum atomic E-state index is -0.178. The summed E-state index contributed by atoms with van der Waals surface area (Å²) in [5, 5.41) is 3.57. The Hall–Kier alpha value is -2.25. The molecule has 2 aromatic rings. The molecular weight excluding hydrogens is 345 g/mol. The van der Waals surface area contributed by atoms with Crippen molar-refractivity contribution < 1.29 is 9.13 Å². The molecule has 1 aromatic carbocycles. The Balaban J connectivity index is 1.28. The molecule has 4 rings (SSSR count). The lowest BCUT2D eigenvalue weighted by atomic mass is 10.0. The van der Waals surface area contributed by atoms with Crippen LogP contribution in [0.4, 0.5) is 16.2 Å². The highest BCUT2D eigenvalue weighted by Crippen LogP contribution is 2.19. The first-order valence-electron chi connectivity index (χ1n) is 9.65. The van der Waals surface area contributed by atoms with Crippen LogP contribution in [0.3, 0.4) is 0 Å². The van der Waals surface area contributed by atoms with Gasteiger partial charge in [0.05, 0.1) is 13.2 Å². The fourth-order valence-corrected chi connectivity index (χ4v) is 3.64. The summed E-state index contributed by atoms with van der Waals surface area (Å²) in [6.45, 7) is 6.06. The first-order valence-corrected chi connectivity index (χ1v) is 9.65. The van der Waals surface area contributed by atoms with Gasteiger partial charge in [-0.25, -0.2) is 9.37 Å². The second-order valence-electron chi connectivity index (χ2n) is 7.16. The van der Waals surface area contributed by atoms with E-state index in [1.165, 1.54) is 12.1 Å². The Labute approximate surface area is 159 Å². The summed E-state index contributed by atoms with van der Waals surface area (Å²) < 4.78 is 18.4. The molecule has 1 aromatic heterocycles. The van der Waals surface area contributed by atoms with Gasteiger partial charge in [-0.15, -0.1) is 0 Å². The topological polar surface area (TPSA) is 53.5 Å². The predicted molar refractivity (Wildman–Crippen MR) is 103 cm³/mol. The molecule has 0 unspecified atom stereocenters. The molecule has 2 aliphatic rings. The van der Waals surface area contributed by atoms with Crippen molar-refractivity contribution in [3.8, 4) is 0 Å². The number of morpholine rings is 1. The molecule has 0 aliphatic carbocycles. The molecule has 2 saturated heterocycles. The maximum absolute atomic E-state index is 13.0. The SMILES string of the molecule is Fc1ccc(CN2CCC(Nc3ccnc(N4CCOCC4)n3)CC2)cc1. The number of hydrogen-bond acceptors (Lipinski definition) is 6. The van der Waals surface area contributed by atoms with Gasteiger partial charge in [0.25, 0.3) is 0 Å². The molecule has 7 heteroatoms. The summed E-state index contributed by atoms with van der Waals surface area (Å²) in [4.78, 5) is 13.7. The van der Waals surface area contributed by atoms with Crippen LogP contribution in [0, 0.1) is 5.82 Å². The molecule has 1 N–H and O–H groups in total. The van der Waals surface area contributed by atoms with E-state index in [9.17, 15) is 4.39 Å². The summed E-state index contributed by atoms with van der Waals surface area (Å²) in [6.07, 6.45) is 3.96. The van der Waals surface area contributed by atoms with Gasteiger partial charge in [-0.3, -0.25) is 4.90 Å². The van der Waals surface area contributed by atoms with Crippen LogP contribution in [-0.4, -0.2) is 60.3 Å². The normalized spacial score (nSPS) is 19.2.